The van der Waals surface area contributed by atoms with E-state index in [4.69, 9.17) is 0 Å². The van der Waals surface area contributed by atoms with Crippen LogP contribution in [0.5, 0.6) is 0 Å². The fourth-order valence-electron chi connectivity index (χ4n) is 3.07. The van der Waals surface area contributed by atoms with Crippen LogP contribution in [0.1, 0.15) is 37.1 Å². The molecule has 0 saturated heterocycles. The molecule has 0 bridgehead atoms. The predicted molar refractivity (Wildman–Crippen MR) is 115 cm³/mol. The maximum absolute atomic E-state index is 4.69. The highest BCUT2D eigenvalue weighted by Crippen LogP contribution is 2.19. The number of aliphatic imine (C=N–C) groups is 1. The normalized spacial score (nSPS) is 12.8. The van der Waals surface area contributed by atoms with Gasteiger partial charge in [-0.1, -0.05) is 50.3 Å². The molecule has 1 aromatic heterocycles. The number of likely N-dealkylation sites (N-methyl/N-ethyl adjacent to an activating group) is 1. The molecule has 0 spiro atoms. The summed E-state index contributed by atoms with van der Waals surface area (Å²) in [4.78, 5) is 7.13. The SMILES string of the molecule is C=CCNC(=NCc1nnc(C)n1C)NCC(c1ccccc1)N(CC)CC. The van der Waals surface area contributed by atoms with Gasteiger partial charge in [0, 0.05) is 20.1 Å². The summed E-state index contributed by atoms with van der Waals surface area (Å²) in [5.74, 6) is 2.46. The Morgan fingerprint density at radius 3 is 2.50 bits per heavy atom. The molecule has 0 aliphatic rings. The minimum atomic E-state index is 0.268. The zero-order valence-electron chi connectivity index (χ0n) is 17.5. The van der Waals surface area contributed by atoms with Crippen molar-refractivity contribution in [3.8, 4) is 0 Å². The fourth-order valence-corrected chi connectivity index (χ4v) is 3.07. The Morgan fingerprint density at radius 1 is 1.21 bits per heavy atom. The van der Waals surface area contributed by atoms with Crippen LogP contribution in [0, 0.1) is 6.92 Å². The van der Waals surface area contributed by atoms with Crippen molar-refractivity contribution in [3.05, 3.63) is 60.2 Å². The van der Waals surface area contributed by atoms with Crippen LogP contribution in [0.25, 0.3) is 0 Å². The third kappa shape index (κ3) is 5.92. The van der Waals surface area contributed by atoms with E-state index in [9.17, 15) is 0 Å². The van der Waals surface area contributed by atoms with Crippen molar-refractivity contribution in [2.75, 3.05) is 26.2 Å². The molecule has 1 atom stereocenters. The lowest BCUT2D eigenvalue weighted by molar-refractivity contribution is 0.219. The topological polar surface area (TPSA) is 70.4 Å². The van der Waals surface area contributed by atoms with Crippen LogP contribution in [-0.4, -0.2) is 51.8 Å². The zero-order chi connectivity index (χ0) is 20.4. The molecule has 2 rings (SSSR count). The quantitative estimate of drug-likeness (QED) is 0.375. The Balaban J connectivity index is 2.13. The number of benzene rings is 1. The number of aryl methyl sites for hydroxylation is 1. The average Bonchev–Trinajstić information content (AvgIpc) is 3.05. The Morgan fingerprint density at radius 2 is 1.93 bits per heavy atom. The molecule has 1 heterocycles. The molecule has 0 fully saturated rings. The molecule has 152 valence electrons. The Hall–Kier alpha value is -2.67. The number of hydrogen-bond acceptors (Lipinski definition) is 4. The summed E-state index contributed by atoms with van der Waals surface area (Å²) in [5.41, 5.74) is 1.30. The van der Waals surface area contributed by atoms with Gasteiger partial charge >= 0.3 is 0 Å². The molecule has 7 nitrogen and oxygen atoms in total. The highest BCUT2D eigenvalue weighted by Gasteiger charge is 2.18. The van der Waals surface area contributed by atoms with Crippen molar-refractivity contribution in [1.82, 2.24) is 30.3 Å². The molecule has 0 radical (unpaired) electrons. The lowest BCUT2D eigenvalue weighted by Crippen LogP contribution is -2.43. The Kier molecular flexibility index (Phi) is 8.68. The summed E-state index contributed by atoms with van der Waals surface area (Å²) in [5, 5.41) is 15.1. The number of guanidine groups is 1. The summed E-state index contributed by atoms with van der Waals surface area (Å²) in [6.45, 7) is 14.0. The van der Waals surface area contributed by atoms with Gasteiger partial charge in [0.05, 0.1) is 6.04 Å². The van der Waals surface area contributed by atoms with E-state index in [1.165, 1.54) is 5.56 Å². The van der Waals surface area contributed by atoms with E-state index < -0.39 is 0 Å². The van der Waals surface area contributed by atoms with Gasteiger partial charge in [-0.3, -0.25) is 4.90 Å². The third-order valence-corrected chi connectivity index (χ3v) is 4.88. The van der Waals surface area contributed by atoms with Crippen LogP contribution >= 0.6 is 0 Å². The smallest absolute Gasteiger partial charge is 0.192 e. The van der Waals surface area contributed by atoms with Crippen LogP contribution < -0.4 is 10.6 Å². The minimum Gasteiger partial charge on any atom is -0.354 e. The van der Waals surface area contributed by atoms with Gasteiger partial charge in [0.2, 0.25) is 0 Å². The Labute approximate surface area is 168 Å². The second-order valence-electron chi connectivity index (χ2n) is 6.59. The zero-order valence-corrected chi connectivity index (χ0v) is 17.5. The number of rotatable bonds is 10. The van der Waals surface area contributed by atoms with Crippen molar-refractivity contribution < 1.29 is 0 Å². The van der Waals surface area contributed by atoms with Gasteiger partial charge in [0.15, 0.2) is 11.8 Å². The first kappa shape index (κ1) is 21.6. The average molecular weight is 384 g/mol. The number of nitrogens with zero attached hydrogens (tertiary/aromatic N) is 5. The molecule has 2 N–H and O–H groups in total. The summed E-state index contributed by atoms with van der Waals surface area (Å²) in [6.07, 6.45) is 1.82. The van der Waals surface area contributed by atoms with Gasteiger partial charge in [-0.15, -0.1) is 16.8 Å². The standard InChI is InChI=1S/C21H33N7/c1-6-14-22-21(24-16-20-26-25-17(4)27(20)5)23-15-19(28(7-2)8-3)18-12-10-9-11-13-18/h6,9-13,19H,1,7-8,14-16H2,2-5H3,(H2,22,23,24). The third-order valence-electron chi connectivity index (χ3n) is 4.88. The van der Waals surface area contributed by atoms with Crippen LogP contribution in [-0.2, 0) is 13.6 Å². The van der Waals surface area contributed by atoms with Crippen LogP contribution in [0.4, 0.5) is 0 Å². The van der Waals surface area contributed by atoms with Gasteiger partial charge in [-0.2, -0.15) is 0 Å². The summed E-state index contributed by atoms with van der Waals surface area (Å²) < 4.78 is 1.96. The van der Waals surface area contributed by atoms with Gasteiger partial charge in [0.1, 0.15) is 12.4 Å². The highest BCUT2D eigenvalue weighted by molar-refractivity contribution is 5.79. The van der Waals surface area contributed by atoms with Gasteiger partial charge in [-0.25, -0.2) is 4.99 Å². The van der Waals surface area contributed by atoms with Crippen molar-refractivity contribution in [2.24, 2.45) is 12.0 Å². The van der Waals surface area contributed by atoms with Crippen LogP contribution in [0.3, 0.4) is 0 Å². The van der Waals surface area contributed by atoms with E-state index in [0.29, 0.717) is 13.1 Å². The summed E-state index contributed by atoms with van der Waals surface area (Å²) >= 11 is 0. The van der Waals surface area contributed by atoms with Crippen LogP contribution in [0.2, 0.25) is 0 Å². The van der Waals surface area contributed by atoms with Crippen molar-refractivity contribution >= 4 is 5.96 Å². The van der Waals surface area contributed by atoms with E-state index in [-0.39, 0.29) is 6.04 Å². The molecule has 2 aromatic rings. The fraction of sp³-hybridized carbons (Fsp3) is 0.476. The molecule has 0 amide bonds. The van der Waals surface area contributed by atoms with Crippen LogP contribution in [0.15, 0.2) is 48.0 Å². The van der Waals surface area contributed by atoms with Gasteiger partial charge < -0.3 is 15.2 Å². The van der Waals surface area contributed by atoms with E-state index >= 15 is 0 Å². The monoisotopic (exact) mass is 383 g/mol. The summed E-state index contributed by atoms with van der Waals surface area (Å²) in [7, 11) is 1.95. The molecule has 0 saturated carbocycles. The van der Waals surface area contributed by atoms with Crippen molar-refractivity contribution in [3.63, 3.8) is 0 Å². The molecule has 1 aromatic carbocycles. The number of nitrogens with one attached hydrogen (secondary N) is 2. The lowest BCUT2D eigenvalue weighted by atomic mass is 10.1. The Bertz CT molecular complexity index is 747. The molecule has 0 aliphatic carbocycles. The second-order valence-corrected chi connectivity index (χ2v) is 6.59. The first-order valence-corrected chi connectivity index (χ1v) is 9.87. The largest absolute Gasteiger partial charge is 0.354 e. The number of aromatic nitrogens is 3. The van der Waals surface area contributed by atoms with Crippen molar-refractivity contribution in [1.29, 1.82) is 0 Å². The first-order valence-electron chi connectivity index (χ1n) is 9.87. The minimum absolute atomic E-state index is 0.268. The molecular formula is C21H33N7. The second kappa shape index (κ2) is 11.2. The van der Waals surface area contributed by atoms with E-state index in [0.717, 1.165) is 37.2 Å². The summed E-state index contributed by atoms with van der Waals surface area (Å²) in [6, 6.07) is 10.9. The molecule has 28 heavy (non-hydrogen) atoms. The molecular weight excluding hydrogens is 350 g/mol. The maximum atomic E-state index is 4.69. The van der Waals surface area contributed by atoms with Crippen molar-refractivity contribution in [2.45, 2.75) is 33.4 Å². The van der Waals surface area contributed by atoms with E-state index in [2.05, 4.69) is 81.5 Å². The molecule has 1 unspecified atom stereocenters. The maximum Gasteiger partial charge on any atom is 0.192 e. The molecule has 7 heteroatoms. The molecule has 0 aliphatic heterocycles. The van der Waals surface area contributed by atoms with E-state index in [1.807, 2.05) is 24.6 Å². The van der Waals surface area contributed by atoms with Gasteiger partial charge in [-0.05, 0) is 25.6 Å². The van der Waals surface area contributed by atoms with Gasteiger partial charge in [0.25, 0.3) is 0 Å². The highest BCUT2D eigenvalue weighted by atomic mass is 15.3. The first-order chi connectivity index (χ1) is 13.6. The van der Waals surface area contributed by atoms with E-state index in [1.54, 1.807) is 0 Å². The predicted octanol–water partition coefficient (Wildman–Crippen LogP) is 2.43. The lowest BCUT2D eigenvalue weighted by Gasteiger charge is -2.30. The number of hydrogen-bond donors (Lipinski definition) is 2.